The molecular formula is C26H29BrN4O5S2. The number of piperazine rings is 1. The number of carbonyl (C=O) groups excluding carboxylic acids is 1. The summed E-state index contributed by atoms with van der Waals surface area (Å²) in [7, 11) is -5.69. The molecule has 0 saturated carbocycles. The van der Waals surface area contributed by atoms with Crippen molar-refractivity contribution < 1.29 is 21.6 Å². The first-order chi connectivity index (χ1) is 18.0. The van der Waals surface area contributed by atoms with Crippen LogP contribution in [0.3, 0.4) is 0 Å². The molecule has 38 heavy (non-hydrogen) atoms. The first kappa shape index (κ1) is 28.4. The summed E-state index contributed by atoms with van der Waals surface area (Å²) in [5, 5.41) is 2.72. The minimum atomic E-state index is -4.00. The zero-order valence-electron chi connectivity index (χ0n) is 20.7. The van der Waals surface area contributed by atoms with E-state index in [9.17, 15) is 21.6 Å². The summed E-state index contributed by atoms with van der Waals surface area (Å²) in [4.78, 5) is 15.5. The van der Waals surface area contributed by atoms with Crippen molar-refractivity contribution >= 4 is 47.6 Å². The molecule has 4 rings (SSSR count). The predicted molar refractivity (Wildman–Crippen MR) is 150 cm³/mol. The quantitative estimate of drug-likeness (QED) is 0.380. The number of rotatable bonds is 9. The molecular weight excluding hydrogens is 592 g/mol. The van der Waals surface area contributed by atoms with Crippen LogP contribution in [-0.2, 0) is 31.3 Å². The third-order valence-corrected chi connectivity index (χ3v) is 10.2. The zero-order valence-corrected chi connectivity index (χ0v) is 24.0. The van der Waals surface area contributed by atoms with Gasteiger partial charge in [-0.05, 0) is 67.6 Å². The molecule has 0 bridgehead atoms. The van der Waals surface area contributed by atoms with E-state index in [1.807, 2.05) is 37.4 Å². The summed E-state index contributed by atoms with van der Waals surface area (Å²) in [6.07, 6.45) is 0.123. The van der Waals surface area contributed by atoms with E-state index in [-0.39, 0.29) is 16.2 Å². The maximum Gasteiger partial charge on any atom is 0.243 e. The normalized spacial score (nSPS) is 16.2. The maximum absolute atomic E-state index is 13.3. The van der Waals surface area contributed by atoms with Crippen LogP contribution in [0.2, 0.25) is 0 Å². The second-order valence-corrected chi connectivity index (χ2v) is 13.6. The lowest BCUT2D eigenvalue weighted by Crippen LogP contribution is -2.47. The highest BCUT2D eigenvalue weighted by Gasteiger charge is 2.28. The Kier molecular flexibility index (Phi) is 9.01. The van der Waals surface area contributed by atoms with Crippen molar-refractivity contribution in [3.63, 3.8) is 0 Å². The van der Waals surface area contributed by atoms with E-state index < -0.39 is 32.0 Å². The third kappa shape index (κ3) is 7.07. The fourth-order valence-electron chi connectivity index (χ4n) is 4.02. The van der Waals surface area contributed by atoms with Gasteiger partial charge in [0.2, 0.25) is 26.0 Å². The number of nitrogens with zero attached hydrogens (tertiary/aromatic N) is 2. The molecule has 1 atom stereocenters. The topological polar surface area (TPSA) is 116 Å². The molecule has 1 unspecified atom stereocenters. The molecule has 2 N–H and O–H groups in total. The lowest BCUT2D eigenvalue weighted by Gasteiger charge is -2.31. The maximum atomic E-state index is 13.3. The fourth-order valence-corrected chi connectivity index (χ4v) is 6.91. The molecule has 9 nitrogen and oxygen atoms in total. The molecule has 1 amide bonds. The van der Waals surface area contributed by atoms with Gasteiger partial charge in [-0.3, -0.25) is 4.79 Å². The highest BCUT2D eigenvalue weighted by molar-refractivity contribution is 9.10. The lowest BCUT2D eigenvalue weighted by atomic mass is 10.1. The highest BCUT2D eigenvalue weighted by atomic mass is 79.9. The monoisotopic (exact) mass is 620 g/mol. The molecule has 0 spiro atoms. The number of anilines is 1. The Labute approximate surface area is 232 Å². The average molecular weight is 622 g/mol. The second kappa shape index (κ2) is 12.1. The number of benzene rings is 3. The van der Waals surface area contributed by atoms with Crippen LogP contribution in [0.4, 0.5) is 5.69 Å². The van der Waals surface area contributed by atoms with E-state index in [1.54, 1.807) is 12.1 Å². The van der Waals surface area contributed by atoms with E-state index in [2.05, 4.69) is 30.9 Å². The molecule has 1 aliphatic rings. The van der Waals surface area contributed by atoms with E-state index in [0.29, 0.717) is 31.9 Å². The molecule has 12 heteroatoms. The molecule has 1 heterocycles. The largest absolute Gasteiger partial charge is 0.325 e. The molecule has 3 aromatic carbocycles. The summed E-state index contributed by atoms with van der Waals surface area (Å²) in [5.74, 6) is -0.566. The van der Waals surface area contributed by atoms with E-state index >= 15 is 0 Å². The van der Waals surface area contributed by atoms with Gasteiger partial charge in [0.15, 0.2) is 0 Å². The number of nitrogens with one attached hydrogen (secondary N) is 2. The lowest BCUT2D eigenvalue weighted by molar-refractivity contribution is -0.117. The van der Waals surface area contributed by atoms with E-state index in [1.165, 1.54) is 40.7 Å². The first-order valence-corrected chi connectivity index (χ1v) is 15.7. The number of likely N-dealkylation sites (N-methyl/N-ethyl adjacent to an activating group) is 1. The Bertz CT molecular complexity index is 1460. The van der Waals surface area contributed by atoms with Gasteiger partial charge in [0.1, 0.15) is 6.04 Å². The van der Waals surface area contributed by atoms with Gasteiger partial charge >= 0.3 is 0 Å². The number of sulfonamides is 2. The second-order valence-electron chi connectivity index (χ2n) is 9.04. The van der Waals surface area contributed by atoms with E-state index in [4.69, 9.17) is 0 Å². The number of hydrogen-bond acceptors (Lipinski definition) is 6. The van der Waals surface area contributed by atoms with Gasteiger partial charge in [-0.25, -0.2) is 16.8 Å². The summed E-state index contributed by atoms with van der Waals surface area (Å²) in [6.45, 7) is 2.15. The molecule has 202 valence electrons. The number of amides is 1. The van der Waals surface area contributed by atoms with Gasteiger partial charge in [-0.1, -0.05) is 46.3 Å². The predicted octanol–water partition coefficient (Wildman–Crippen LogP) is 2.91. The first-order valence-electron chi connectivity index (χ1n) is 12.0. The van der Waals surface area contributed by atoms with Crippen LogP contribution in [0.15, 0.2) is 93.1 Å². The van der Waals surface area contributed by atoms with Crippen molar-refractivity contribution in [1.29, 1.82) is 0 Å². The van der Waals surface area contributed by atoms with Crippen LogP contribution in [0.25, 0.3) is 0 Å². The zero-order chi connectivity index (χ0) is 27.3. The molecule has 1 fully saturated rings. The van der Waals surface area contributed by atoms with Gasteiger partial charge in [-0.15, -0.1) is 0 Å². The Morgan fingerprint density at radius 3 is 2.03 bits per heavy atom. The summed E-state index contributed by atoms with van der Waals surface area (Å²) < 4.78 is 56.8. The number of carbonyl (C=O) groups is 1. The summed E-state index contributed by atoms with van der Waals surface area (Å²) in [6, 6.07) is 20.0. The van der Waals surface area contributed by atoms with Gasteiger partial charge in [-0.2, -0.15) is 9.03 Å². The van der Waals surface area contributed by atoms with Crippen LogP contribution in [-0.4, -0.2) is 71.2 Å². The molecule has 1 saturated heterocycles. The fraction of sp³-hybridized carbons (Fsp3) is 0.269. The van der Waals surface area contributed by atoms with Gasteiger partial charge in [0.25, 0.3) is 0 Å². The van der Waals surface area contributed by atoms with Crippen molar-refractivity contribution in [2.75, 3.05) is 38.5 Å². The molecule has 1 aliphatic heterocycles. The smallest absolute Gasteiger partial charge is 0.243 e. The van der Waals surface area contributed by atoms with Crippen molar-refractivity contribution in [2.24, 2.45) is 0 Å². The molecule has 3 aromatic rings. The standard InChI is InChI=1S/C26H29BrN4O5S2/c1-30-15-17-31(18-16-30)38(35,36)24-13-9-22(10-14-24)28-26(32)25(19-20-5-3-2-4-6-20)29-37(33,34)23-11-7-21(27)8-12-23/h2-14,25,29H,15-19H2,1H3,(H,28,32). The molecule has 0 aromatic heterocycles. The third-order valence-electron chi connectivity index (χ3n) is 6.24. The van der Waals surface area contributed by atoms with Crippen molar-refractivity contribution in [2.45, 2.75) is 22.3 Å². The Balaban J connectivity index is 1.51. The highest BCUT2D eigenvalue weighted by Crippen LogP contribution is 2.21. The van der Waals surface area contributed by atoms with Crippen molar-refractivity contribution in [3.05, 3.63) is 88.9 Å². The molecule has 0 aliphatic carbocycles. The van der Waals surface area contributed by atoms with Crippen molar-refractivity contribution in [1.82, 2.24) is 13.9 Å². The minimum Gasteiger partial charge on any atom is -0.325 e. The van der Waals surface area contributed by atoms with Crippen molar-refractivity contribution in [3.8, 4) is 0 Å². The van der Waals surface area contributed by atoms with Crippen LogP contribution in [0.1, 0.15) is 5.56 Å². The van der Waals surface area contributed by atoms with Gasteiger partial charge in [0.05, 0.1) is 9.79 Å². The number of hydrogen-bond donors (Lipinski definition) is 2. The van der Waals surface area contributed by atoms with Crippen LogP contribution < -0.4 is 10.0 Å². The average Bonchev–Trinajstić information content (AvgIpc) is 2.89. The minimum absolute atomic E-state index is 0.0324. The number of halogens is 1. The van der Waals surface area contributed by atoms with Crippen LogP contribution in [0, 0.1) is 0 Å². The Hall–Kier alpha value is -2.61. The Morgan fingerprint density at radius 2 is 1.42 bits per heavy atom. The SMILES string of the molecule is CN1CCN(S(=O)(=O)c2ccc(NC(=O)C(Cc3ccccc3)NS(=O)(=O)c3ccc(Br)cc3)cc2)CC1. The van der Waals surface area contributed by atoms with E-state index in [0.717, 1.165) is 10.0 Å². The van der Waals surface area contributed by atoms with Crippen LogP contribution in [0.5, 0.6) is 0 Å². The van der Waals surface area contributed by atoms with Gasteiger partial charge < -0.3 is 10.2 Å². The van der Waals surface area contributed by atoms with Gasteiger partial charge in [0, 0.05) is 36.3 Å². The van der Waals surface area contributed by atoms with Crippen LogP contribution >= 0.6 is 15.9 Å². The Morgan fingerprint density at radius 1 is 0.842 bits per heavy atom. The summed E-state index contributed by atoms with van der Waals surface area (Å²) >= 11 is 3.29. The summed E-state index contributed by atoms with van der Waals surface area (Å²) in [5.41, 5.74) is 1.13. The molecule has 0 radical (unpaired) electrons.